The third-order valence-corrected chi connectivity index (χ3v) is 5.41. The number of rotatable bonds is 4. The molecular formula is C17H16Cl2N2O4S. The maximum Gasteiger partial charge on any atom is 0.265 e. The molecule has 0 radical (unpaired) electrons. The van der Waals surface area contributed by atoms with Gasteiger partial charge in [0.1, 0.15) is 5.75 Å². The lowest BCUT2D eigenvalue weighted by Crippen LogP contribution is -2.39. The lowest BCUT2D eigenvalue weighted by Gasteiger charge is -2.23. The van der Waals surface area contributed by atoms with E-state index in [1.165, 1.54) is 12.1 Å². The first-order valence-corrected chi connectivity index (χ1v) is 10.0. The van der Waals surface area contributed by atoms with E-state index in [1.807, 2.05) is 6.92 Å². The number of carbonyl (C=O) groups excluding carboxylic acids is 1. The fraction of sp³-hybridized carbons (Fsp3) is 0.235. The Balaban J connectivity index is 1.78. The second-order valence-corrected chi connectivity index (χ2v) is 8.48. The Kier molecular flexibility index (Phi) is 5.16. The predicted molar refractivity (Wildman–Crippen MR) is 100 cm³/mol. The first kappa shape index (κ1) is 19.0. The number of fused-ring (bicyclic) bond motifs is 1. The summed E-state index contributed by atoms with van der Waals surface area (Å²) in [6.45, 7) is 1.68. The predicted octanol–water partition coefficient (Wildman–Crippen LogP) is 3.00. The molecule has 0 spiro atoms. The number of nitrogens with zero attached hydrogens (tertiary/aromatic N) is 1. The van der Waals surface area contributed by atoms with E-state index in [1.54, 1.807) is 29.2 Å². The molecule has 2 aromatic carbocycles. The second kappa shape index (κ2) is 7.08. The molecule has 9 heteroatoms. The lowest BCUT2D eigenvalue weighted by atomic mass is 10.1. The van der Waals surface area contributed by atoms with Gasteiger partial charge in [-0.15, -0.1) is 0 Å². The average Bonchev–Trinajstić information content (AvgIpc) is 2.85. The summed E-state index contributed by atoms with van der Waals surface area (Å²) < 4.78 is 28.5. The molecule has 0 fully saturated rings. The quantitative estimate of drug-likeness (QED) is 0.832. The zero-order chi connectivity index (χ0) is 19.1. The third kappa shape index (κ3) is 3.96. The summed E-state index contributed by atoms with van der Waals surface area (Å²) in [6.07, 6.45) is 0.535. The van der Waals surface area contributed by atoms with Gasteiger partial charge in [0.15, 0.2) is 6.61 Å². The highest BCUT2D eigenvalue weighted by Crippen LogP contribution is 2.34. The Hall–Kier alpha value is -1.80. The molecule has 1 unspecified atom stereocenters. The van der Waals surface area contributed by atoms with Gasteiger partial charge in [-0.2, -0.15) is 0 Å². The number of carbonyl (C=O) groups is 1. The minimum absolute atomic E-state index is 0.0302. The Morgan fingerprint density at radius 1 is 1.23 bits per heavy atom. The van der Waals surface area contributed by atoms with Crippen LogP contribution >= 0.6 is 23.2 Å². The molecule has 0 aromatic heterocycles. The van der Waals surface area contributed by atoms with Crippen LogP contribution in [0.5, 0.6) is 5.75 Å². The number of amides is 1. The number of sulfonamides is 1. The van der Waals surface area contributed by atoms with Crippen molar-refractivity contribution in [3.05, 3.63) is 52.0 Å². The molecule has 138 valence electrons. The van der Waals surface area contributed by atoms with Crippen LogP contribution < -0.4 is 14.8 Å². The van der Waals surface area contributed by atoms with Crippen LogP contribution in [-0.2, 0) is 21.2 Å². The molecule has 2 aromatic rings. The number of anilines is 1. The minimum atomic E-state index is -3.79. The van der Waals surface area contributed by atoms with Gasteiger partial charge in [0, 0.05) is 21.8 Å². The monoisotopic (exact) mass is 414 g/mol. The van der Waals surface area contributed by atoms with Crippen LogP contribution in [0, 0.1) is 0 Å². The van der Waals surface area contributed by atoms with Crippen molar-refractivity contribution in [2.24, 2.45) is 5.14 Å². The summed E-state index contributed by atoms with van der Waals surface area (Å²) in [5, 5.41) is 5.99. The van der Waals surface area contributed by atoms with Crippen molar-refractivity contribution in [3.8, 4) is 5.75 Å². The number of benzene rings is 2. The van der Waals surface area contributed by atoms with Gasteiger partial charge in [-0.25, -0.2) is 13.6 Å². The van der Waals surface area contributed by atoms with Crippen molar-refractivity contribution in [3.63, 3.8) is 0 Å². The highest BCUT2D eigenvalue weighted by atomic mass is 35.5. The van der Waals surface area contributed by atoms with E-state index in [2.05, 4.69) is 0 Å². The van der Waals surface area contributed by atoms with Crippen molar-refractivity contribution in [1.82, 2.24) is 0 Å². The van der Waals surface area contributed by atoms with E-state index in [-0.39, 0.29) is 23.5 Å². The molecule has 1 aliphatic heterocycles. The third-order valence-electron chi connectivity index (χ3n) is 4.06. The normalized spacial score (nSPS) is 16.5. The number of ether oxygens (including phenoxy) is 1. The van der Waals surface area contributed by atoms with Gasteiger partial charge >= 0.3 is 0 Å². The molecule has 26 heavy (non-hydrogen) atoms. The fourth-order valence-corrected chi connectivity index (χ4v) is 4.06. The summed E-state index contributed by atoms with van der Waals surface area (Å²) in [6, 6.07) is 9.07. The zero-order valence-corrected chi connectivity index (χ0v) is 16.1. The van der Waals surface area contributed by atoms with Gasteiger partial charge in [-0.05, 0) is 55.3 Å². The Bertz CT molecular complexity index is 958. The Morgan fingerprint density at radius 2 is 1.88 bits per heavy atom. The van der Waals surface area contributed by atoms with Crippen LogP contribution in [0.25, 0.3) is 0 Å². The number of hydrogen-bond donors (Lipinski definition) is 1. The molecular weight excluding hydrogens is 399 g/mol. The van der Waals surface area contributed by atoms with Gasteiger partial charge in [-0.1, -0.05) is 23.2 Å². The maximum atomic E-state index is 12.6. The van der Waals surface area contributed by atoms with Crippen molar-refractivity contribution < 1.29 is 17.9 Å². The Labute approximate surface area is 161 Å². The molecule has 0 saturated heterocycles. The number of halogens is 2. The van der Waals surface area contributed by atoms with Crippen LogP contribution in [0.3, 0.4) is 0 Å². The van der Waals surface area contributed by atoms with Gasteiger partial charge in [0.25, 0.3) is 5.91 Å². The summed E-state index contributed by atoms with van der Waals surface area (Å²) in [5.74, 6) is 0.142. The number of hydrogen-bond acceptors (Lipinski definition) is 4. The number of nitrogens with two attached hydrogens (primary N) is 1. The van der Waals surface area contributed by atoms with Crippen molar-refractivity contribution in [2.75, 3.05) is 11.5 Å². The highest BCUT2D eigenvalue weighted by molar-refractivity contribution is 7.89. The van der Waals surface area contributed by atoms with Crippen molar-refractivity contribution >= 4 is 44.8 Å². The van der Waals surface area contributed by atoms with Crippen molar-refractivity contribution in [2.45, 2.75) is 24.3 Å². The van der Waals surface area contributed by atoms with E-state index < -0.39 is 10.0 Å². The maximum absolute atomic E-state index is 12.6. The van der Waals surface area contributed by atoms with E-state index in [0.29, 0.717) is 27.9 Å². The summed E-state index contributed by atoms with van der Waals surface area (Å²) in [7, 11) is -3.79. The lowest BCUT2D eigenvalue weighted by molar-refractivity contribution is -0.120. The summed E-state index contributed by atoms with van der Waals surface area (Å²) in [5.41, 5.74) is 1.41. The molecule has 1 heterocycles. The highest BCUT2D eigenvalue weighted by Gasteiger charge is 2.32. The van der Waals surface area contributed by atoms with Crippen LogP contribution in [-0.4, -0.2) is 27.0 Å². The average molecular weight is 415 g/mol. The van der Waals surface area contributed by atoms with Crippen LogP contribution in [0.4, 0.5) is 5.69 Å². The van der Waals surface area contributed by atoms with E-state index in [0.717, 1.165) is 5.56 Å². The molecule has 3 rings (SSSR count). The Morgan fingerprint density at radius 3 is 2.50 bits per heavy atom. The van der Waals surface area contributed by atoms with E-state index >= 15 is 0 Å². The summed E-state index contributed by atoms with van der Waals surface area (Å²) >= 11 is 11.8. The minimum Gasteiger partial charge on any atom is -0.484 e. The van der Waals surface area contributed by atoms with Gasteiger partial charge in [-0.3, -0.25) is 4.79 Å². The SMILES string of the molecule is CC1Cc2cc(S(N)(=O)=O)ccc2N1C(=O)COc1cc(Cl)cc(Cl)c1. The van der Waals surface area contributed by atoms with Crippen LogP contribution in [0.15, 0.2) is 41.3 Å². The van der Waals surface area contributed by atoms with E-state index in [9.17, 15) is 13.2 Å². The van der Waals surface area contributed by atoms with Crippen LogP contribution in [0.1, 0.15) is 12.5 Å². The molecule has 6 nitrogen and oxygen atoms in total. The molecule has 2 N–H and O–H groups in total. The molecule has 0 saturated carbocycles. The second-order valence-electron chi connectivity index (χ2n) is 6.05. The van der Waals surface area contributed by atoms with Gasteiger partial charge < -0.3 is 9.64 Å². The standard InChI is InChI=1S/C17H16Cl2N2O4S/c1-10-4-11-5-15(26(20,23)24)2-3-16(11)21(10)17(22)9-25-14-7-12(18)6-13(19)8-14/h2-3,5-8,10H,4,9H2,1H3,(H2,20,23,24). The molecule has 1 amide bonds. The van der Waals surface area contributed by atoms with Gasteiger partial charge in [0.05, 0.1) is 4.90 Å². The van der Waals surface area contributed by atoms with Gasteiger partial charge in [0.2, 0.25) is 10.0 Å². The first-order valence-electron chi connectivity index (χ1n) is 7.72. The summed E-state index contributed by atoms with van der Waals surface area (Å²) in [4.78, 5) is 14.3. The molecule has 0 bridgehead atoms. The fourth-order valence-electron chi connectivity index (χ4n) is 2.99. The topological polar surface area (TPSA) is 89.7 Å². The largest absolute Gasteiger partial charge is 0.484 e. The molecule has 1 aliphatic rings. The molecule has 0 aliphatic carbocycles. The number of primary sulfonamides is 1. The van der Waals surface area contributed by atoms with E-state index in [4.69, 9.17) is 33.1 Å². The van der Waals surface area contributed by atoms with Crippen LogP contribution in [0.2, 0.25) is 10.0 Å². The zero-order valence-electron chi connectivity index (χ0n) is 13.8. The van der Waals surface area contributed by atoms with Crippen molar-refractivity contribution in [1.29, 1.82) is 0 Å². The first-order chi connectivity index (χ1) is 12.1. The molecule has 1 atom stereocenters. The smallest absolute Gasteiger partial charge is 0.265 e.